The Bertz CT molecular complexity index is 869. The fourth-order valence-corrected chi connectivity index (χ4v) is 3.58. The van der Waals surface area contributed by atoms with Gasteiger partial charge in [-0.15, -0.1) is 11.6 Å². The van der Waals surface area contributed by atoms with E-state index in [2.05, 4.69) is 0 Å². The van der Waals surface area contributed by atoms with Crippen molar-refractivity contribution in [3.05, 3.63) is 63.2 Å². The molecule has 8 heteroatoms. The molecule has 2 aromatic carbocycles. The summed E-state index contributed by atoms with van der Waals surface area (Å²) < 4.78 is 10.8. The lowest BCUT2D eigenvalue weighted by atomic mass is 9.87. The van der Waals surface area contributed by atoms with Crippen LogP contribution in [0.5, 0.6) is 11.5 Å². The van der Waals surface area contributed by atoms with Gasteiger partial charge in [0.2, 0.25) is 5.91 Å². The summed E-state index contributed by atoms with van der Waals surface area (Å²) >= 11 is 5.81. The Morgan fingerprint density at radius 3 is 2.41 bits per heavy atom. The molecule has 0 bridgehead atoms. The first-order chi connectivity index (χ1) is 13.0. The van der Waals surface area contributed by atoms with Gasteiger partial charge in [0.1, 0.15) is 5.88 Å². The lowest BCUT2D eigenvalue weighted by Gasteiger charge is -2.38. The van der Waals surface area contributed by atoms with Crippen molar-refractivity contribution >= 4 is 23.2 Å². The first kappa shape index (κ1) is 19.0. The summed E-state index contributed by atoms with van der Waals surface area (Å²) in [6, 6.07) is 9.58. The number of nitro groups is 1. The average molecular weight is 391 g/mol. The Labute approximate surface area is 161 Å². The van der Waals surface area contributed by atoms with E-state index in [9.17, 15) is 14.9 Å². The number of carbonyl (C=O) groups is 1. The molecule has 0 N–H and O–H groups in total. The molecule has 3 rings (SSSR count). The van der Waals surface area contributed by atoms with Crippen molar-refractivity contribution in [2.75, 3.05) is 26.6 Å². The normalized spacial score (nSPS) is 15.8. The van der Waals surface area contributed by atoms with Gasteiger partial charge in [-0.1, -0.05) is 0 Å². The number of amides is 1. The van der Waals surface area contributed by atoms with E-state index in [-0.39, 0.29) is 17.5 Å². The Hall–Kier alpha value is -2.80. The van der Waals surface area contributed by atoms with Gasteiger partial charge in [-0.2, -0.15) is 0 Å². The number of methoxy groups -OCH3 is 2. The highest BCUT2D eigenvalue weighted by Gasteiger charge is 2.33. The maximum atomic E-state index is 12.4. The summed E-state index contributed by atoms with van der Waals surface area (Å²) in [6.45, 7) is 0.496. The van der Waals surface area contributed by atoms with E-state index in [1.807, 2.05) is 12.1 Å². The number of carbonyl (C=O) groups excluding carboxylic acids is 1. The summed E-state index contributed by atoms with van der Waals surface area (Å²) in [7, 11) is 3.12. The number of alkyl halides is 1. The summed E-state index contributed by atoms with van der Waals surface area (Å²) in [5.74, 6) is 0.853. The van der Waals surface area contributed by atoms with Crippen LogP contribution >= 0.6 is 11.6 Å². The smallest absolute Gasteiger partial charge is 0.269 e. The number of ether oxygens (including phenoxy) is 2. The lowest BCUT2D eigenvalue weighted by Crippen LogP contribution is -2.41. The zero-order valence-corrected chi connectivity index (χ0v) is 15.7. The number of non-ortho nitro benzene ring substituents is 1. The van der Waals surface area contributed by atoms with E-state index in [0.717, 1.165) is 16.7 Å². The predicted octanol–water partition coefficient (Wildman–Crippen LogP) is 3.32. The van der Waals surface area contributed by atoms with Crippen LogP contribution in [0.4, 0.5) is 5.69 Å². The number of rotatable bonds is 5. The maximum absolute atomic E-state index is 12.4. The Morgan fingerprint density at radius 1 is 1.22 bits per heavy atom. The van der Waals surface area contributed by atoms with E-state index in [1.165, 1.54) is 12.1 Å². The van der Waals surface area contributed by atoms with Gasteiger partial charge < -0.3 is 14.4 Å². The molecule has 7 nitrogen and oxygen atoms in total. The summed E-state index contributed by atoms with van der Waals surface area (Å²) in [5.41, 5.74) is 2.70. The van der Waals surface area contributed by atoms with Gasteiger partial charge in [0, 0.05) is 18.7 Å². The molecule has 0 radical (unpaired) electrons. The number of fused-ring (bicyclic) bond motifs is 1. The van der Waals surface area contributed by atoms with Gasteiger partial charge in [0.05, 0.1) is 25.2 Å². The molecule has 142 valence electrons. The van der Waals surface area contributed by atoms with Crippen molar-refractivity contribution in [3.63, 3.8) is 0 Å². The Morgan fingerprint density at radius 2 is 1.85 bits per heavy atom. The number of nitrogens with zero attached hydrogens (tertiary/aromatic N) is 2. The fourth-order valence-electron chi connectivity index (χ4n) is 3.43. The quantitative estimate of drug-likeness (QED) is 0.444. The molecule has 1 heterocycles. The van der Waals surface area contributed by atoms with Crippen molar-refractivity contribution in [2.24, 2.45) is 0 Å². The predicted molar refractivity (Wildman–Crippen MR) is 101 cm³/mol. The van der Waals surface area contributed by atoms with Gasteiger partial charge in [-0.25, -0.2) is 0 Å². The zero-order valence-electron chi connectivity index (χ0n) is 15.0. The third-order valence-corrected chi connectivity index (χ3v) is 4.96. The van der Waals surface area contributed by atoms with Gasteiger partial charge >= 0.3 is 0 Å². The van der Waals surface area contributed by atoms with Crippen LogP contribution in [-0.4, -0.2) is 42.4 Å². The molecule has 0 saturated heterocycles. The van der Waals surface area contributed by atoms with E-state index < -0.39 is 11.0 Å². The topological polar surface area (TPSA) is 81.9 Å². The molecule has 0 aromatic heterocycles. The largest absolute Gasteiger partial charge is 0.493 e. The number of hydrogen-bond donors (Lipinski definition) is 0. The molecule has 1 unspecified atom stereocenters. The molecule has 0 fully saturated rings. The third kappa shape index (κ3) is 3.55. The summed E-state index contributed by atoms with van der Waals surface area (Å²) in [5, 5.41) is 11.0. The van der Waals surface area contributed by atoms with Gasteiger partial charge in [-0.05, 0) is 47.4 Å². The fraction of sp³-hybridized carbons (Fsp3) is 0.316. The van der Waals surface area contributed by atoms with Crippen molar-refractivity contribution in [3.8, 4) is 11.5 Å². The Kier molecular flexibility index (Phi) is 5.51. The van der Waals surface area contributed by atoms with Gasteiger partial charge in [0.25, 0.3) is 5.69 Å². The summed E-state index contributed by atoms with van der Waals surface area (Å²) in [6.07, 6.45) is 0.655. The molecule has 0 aliphatic carbocycles. The van der Waals surface area contributed by atoms with Gasteiger partial charge in [-0.3, -0.25) is 14.9 Å². The van der Waals surface area contributed by atoms with Crippen LogP contribution in [0.2, 0.25) is 0 Å². The molecule has 1 aliphatic rings. The lowest BCUT2D eigenvalue weighted by molar-refractivity contribution is -0.384. The zero-order chi connectivity index (χ0) is 19.6. The van der Waals surface area contributed by atoms with Crippen LogP contribution in [0.3, 0.4) is 0 Å². The second kappa shape index (κ2) is 7.84. The second-order valence-corrected chi connectivity index (χ2v) is 6.40. The molecular formula is C19H19ClN2O5. The molecule has 0 spiro atoms. The number of nitro benzene ring substituents is 1. The van der Waals surface area contributed by atoms with Crippen molar-refractivity contribution in [1.29, 1.82) is 0 Å². The van der Waals surface area contributed by atoms with Crippen LogP contribution in [0, 0.1) is 10.1 Å². The molecule has 2 aromatic rings. The molecule has 27 heavy (non-hydrogen) atoms. The van der Waals surface area contributed by atoms with E-state index in [4.69, 9.17) is 21.1 Å². The molecule has 1 atom stereocenters. The van der Waals surface area contributed by atoms with Crippen LogP contribution in [0.1, 0.15) is 22.7 Å². The highest BCUT2D eigenvalue weighted by molar-refractivity contribution is 6.27. The Balaban J connectivity index is 2.14. The van der Waals surface area contributed by atoms with Crippen molar-refractivity contribution in [1.82, 2.24) is 4.90 Å². The number of benzene rings is 2. The molecule has 0 saturated carbocycles. The average Bonchev–Trinajstić information content (AvgIpc) is 2.71. The number of hydrogen-bond acceptors (Lipinski definition) is 5. The number of halogens is 1. The van der Waals surface area contributed by atoms with Crippen LogP contribution in [-0.2, 0) is 11.2 Å². The van der Waals surface area contributed by atoms with Crippen LogP contribution < -0.4 is 9.47 Å². The highest BCUT2D eigenvalue weighted by Crippen LogP contribution is 2.41. The second-order valence-electron chi connectivity index (χ2n) is 6.13. The first-order valence-electron chi connectivity index (χ1n) is 8.34. The van der Waals surface area contributed by atoms with Crippen molar-refractivity contribution in [2.45, 2.75) is 12.5 Å². The van der Waals surface area contributed by atoms with E-state index in [1.54, 1.807) is 31.3 Å². The first-order valence-corrected chi connectivity index (χ1v) is 8.88. The molecule has 1 amide bonds. The van der Waals surface area contributed by atoms with E-state index >= 15 is 0 Å². The minimum absolute atomic E-state index is 0.00249. The maximum Gasteiger partial charge on any atom is 0.269 e. The van der Waals surface area contributed by atoms with Crippen LogP contribution in [0.25, 0.3) is 0 Å². The highest BCUT2D eigenvalue weighted by atomic mass is 35.5. The standard InChI is InChI=1S/C19H19ClN2O5/c1-26-16-9-13-7-8-21(18(23)11-20)19(15(13)10-17(16)27-2)12-3-5-14(6-4-12)22(24)25/h3-6,9-10,19H,7-8,11H2,1-2H3. The van der Waals surface area contributed by atoms with Gasteiger partial charge in [0.15, 0.2) is 11.5 Å². The van der Waals surface area contributed by atoms with Crippen molar-refractivity contribution < 1.29 is 19.2 Å². The summed E-state index contributed by atoms with van der Waals surface area (Å²) in [4.78, 5) is 24.6. The monoisotopic (exact) mass is 390 g/mol. The van der Waals surface area contributed by atoms with Crippen LogP contribution in [0.15, 0.2) is 36.4 Å². The molecule has 1 aliphatic heterocycles. The third-order valence-electron chi connectivity index (χ3n) is 4.73. The SMILES string of the molecule is COc1cc2c(cc1OC)C(c1ccc([N+](=O)[O-])cc1)N(C(=O)CCl)CC2. The minimum Gasteiger partial charge on any atom is -0.493 e. The minimum atomic E-state index is -0.450. The van der Waals surface area contributed by atoms with E-state index in [0.29, 0.717) is 24.5 Å². The molecular weight excluding hydrogens is 372 g/mol.